The standard InChI is InChI=1S/C8H6BrN/c1-2-6-3-4-7(10)5-8(6)9/h1,3-5H,10H2. The van der Waals surface area contributed by atoms with Crippen molar-refractivity contribution in [2.45, 2.75) is 0 Å². The quantitative estimate of drug-likeness (QED) is 0.498. The molecule has 0 amide bonds. The van der Waals surface area contributed by atoms with Crippen molar-refractivity contribution in [1.29, 1.82) is 0 Å². The van der Waals surface area contributed by atoms with Crippen LogP contribution in [0.2, 0.25) is 0 Å². The van der Waals surface area contributed by atoms with Crippen LogP contribution in [0.3, 0.4) is 0 Å². The summed E-state index contributed by atoms with van der Waals surface area (Å²) < 4.78 is 0.870. The zero-order valence-corrected chi connectivity index (χ0v) is 6.85. The Kier molecular flexibility index (Phi) is 1.98. The van der Waals surface area contributed by atoms with Crippen LogP contribution in [0.1, 0.15) is 5.56 Å². The number of terminal acetylenes is 1. The van der Waals surface area contributed by atoms with Crippen LogP contribution in [0.5, 0.6) is 0 Å². The van der Waals surface area contributed by atoms with Gasteiger partial charge in [0.2, 0.25) is 0 Å². The van der Waals surface area contributed by atoms with E-state index in [4.69, 9.17) is 12.2 Å². The first-order chi connectivity index (χ1) is 4.74. The average molecular weight is 196 g/mol. The van der Waals surface area contributed by atoms with Crippen LogP contribution in [0, 0.1) is 12.3 Å². The van der Waals surface area contributed by atoms with Crippen molar-refractivity contribution in [3.8, 4) is 12.3 Å². The van der Waals surface area contributed by atoms with Crippen molar-refractivity contribution in [2.24, 2.45) is 0 Å². The highest BCUT2D eigenvalue weighted by molar-refractivity contribution is 9.10. The Morgan fingerprint density at radius 1 is 1.50 bits per heavy atom. The lowest BCUT2D eigenvalue weighted by Crippen LogP contribution is -1.85. The maximum Gasteiger partial charge on any atom is 0.0386 e. The largest absolute Gasteiger partial charge is 0.399 e. The number of rotatable bonds is 0. The normalized spacial score (nSPS) is 8.80. The predicted octanol–water partition coefficient (Wildman–Crippen LogP) is 2.01. The van der Waals surface area contributed by atoms with Gasteiger partial charge in [-0.1, -0.05) is 5.92 Å². The number of hydrogen-bond acceptors (Lipinski definition) is 1. The highest BCUT2D eigenvalue weighted by atomic mass is 79.9. The van der Waals surface area contributed by atoms with Gasteiger partial charge < -0.3 is 5.73 Å². The van der Waals surface area contributed by atoms with Crippen molar-refractivity contribution < 1.29 is 0 Å². The number of benzene rings is 1. The minimum Gasteiger partial charge on any atom is -0.399 e. The summed E-state index contributed by atoms with van der Waals surface area (Å²) >= 11 is 3.28. The lowest BCUT2D eigenvalue weighted by Gasteiger charge is -1.96. The minimum absolute atomic E-state index is 0.714. The first-order valence-electron chi connectivity index (χ1n) is 2.75. The van der Waals surface area contributed by atoms with E-state index in [-0.39, 0.29) is 0 Å². The molecule has 0 atom stereocenters. The van der Waals surface area contributed by atoms with Crippen molar-refractivity contribution >= 4 is 21.6 Å². The van der Waals surface area contributed by atoms with E-state index in [9.17, 15) is 0 Å². The molecule has 0 saturated carbocycles. The summed E-state index contributed by atoms with van der Waals surface area (Å²) in [6, 6.07) is 5.37. The van der Waals surface area contributed by atoms with Crippen LogP contribution in [-0.4, -0.2) is 0 Å². The molecule has 0 bridgehead atoms. The van der Waals surface area contributed by atoms with Crippen LogP contribution >= 0.6 is 15.9 Å². The third-order valence-corrected chi connectivity index (χ3v) is 1.80. The molecule has 0 aliphatic heterocycles. The number of halogens is 1. The van der Waals surface area contributed by atoms with E-state index < -0.39 is 0 Å². The molecule has 0 unspecified atom stereocenters. The molecule has 0 spiro atoms. The fourth-order valence-corrected chi connectivity index (χ4v) is 1.16. The van der Waals surface area contributed by atoms with E-state index in [0.29, 0.717) is 5.69 Å². The maximum atomic E-state index is 5.48. The van der Waals surface area contributed by atoms with Gasteiger partial charge in [0.1, 0.15) is 0 Å². The van der Waals surface area contributed by atoms with Gasteiger partial charge in [-0.15, -0.1) is 6.42 Å². The van der Waals surface area contributed by atoms with Crippen LogP contribution in [-0.2, 0) is 0 Å². The van der Waals surface area contributed by atoms with E-state index in [1.165, 1.54) is 0 Å². The summed E-state index contributed by atoms with van der Waals surface area (Å²) in [6.07, 6.45) is 5.18. The van der Waals surface area contributed by atoms with E-state index in [2.05, 4.69) is 21.9 Å². The molecular weight excluding hydrogens is 190 g/mol. The smallest absolute Gasteiger partial charge is 0.0386 e. The number of hydrogen-bond donors (Lipinski definition) is 1. The Hall–Kier alpha value is -0.940. The molecule has 0 aliphatic rings. The molecule has 2 N–H and O–H groups in total. The summed E-state index contributed by atoms with van der Waals surface area (Å²) in [5.74, 6) is 2.52. The lowest BCUT2D eigenvalue weighted by molar-refractivity contribution is 1.58. The molecule has 0 fully saturated rings. The molecule has 0 heterocycles. The van der Waals surface area contributed by atoms with Crippen LogP contribution in [0.4, 0.5) is 5.69 Å². The Morgan fingerprint density at radius 3 is 2.70 bits per heavy atom. The van der Waals surface area contributed by atoms with Crippen molar-refractivity contribution in [3.63, 3.8) is 0 Å². The highest BCUT2D eigenvalue weighted by Crippen LogP contribution is 2.18. The molecule has 0 saturated heterocycles. The summed E-state index contributed by atoms with van der Waals surface area (Å²) in [7, 11) is 0. The van der Waals surface area contributed by atoms with Crippen molar-refractivity contribution in [1.82, 2.24) is 0 Å². The zero-order chi connectivity index (χ0) is 7.56. The van der Waals surface area contributed by atoms with Crippen LogP contribution in [0.25, 0.3) is 0 Å². The second-order valence-corrected chi connectivity index (χ2v) is 2.74. The molecule has 1 aromatic carbocycles. The summed E-state index contributed by atoms with van der Waals surface area (Å²) in [5.41, 5.74) is 7.03. The van der Waals surface area contributed by atoms with Gasteiger partial charge in [0.15, 0.2) is 0 Å². The molecule has 10 heavy (non-hydrogen) atoms. The first kappa shape index (κ1) is 7.17. The van der Waals surface area contributed by atoms with Gasteiger partial charge in [-0.3, -0.25) is 0 Å². The molecule has 1 aromatic rings. The topological polar surface area (TPSA) is 26.0 Å². The summed E-state index contributed by atoms with van der Waals surface area (Å²) in [5, 5.41) is 0. The zero-order valence-electron chi connectivity index (χ0n) is 5.26. The molecular formula is C8H6BrN. The minimum atomic E-state index is 0.714. The third kappa shape index (κ3) is 1.31. The van der Waals surface area contributed by atoms with E-state index in [1.54, 1.807) is 18.2 Å². The molecule has 0 radical (unpaired) electrons. The Balaban J connectivity index is 3.23. The fraction of sp³-hybridized carbons (Fsp3) is 0. The van der Waals surface area contributed by atoms with Crippen LogP contribution < -0.4 is 5.73 Å². The second-order valence-electron chi connectivity index (χ2n) is 1.88. The molecule has 1 rings (SSSR count). The molecule has 0 aromatic heterocycles. The average Bonchev–Trinajstić information content (AvgIpc) is 1.88. The predicted molar refractivity (Wildman–Crippen MR) is 46.5 cm³/mol. The Labute approximate surface area is 68.4 Å². The van der Waals surface area contributed by atoms with Gasteiger partial charge in [-0.25, -0.2) is 0 Å². The monoisotopic (exact) mass is 195 g/mol. The van der Waals surface area contributed by atoms with E-state index in [1.807, 2.05) is 0 Å². The Bertz CT molecular complexity index is 286. The van der Waals surface area contributed by atoms with Gasteiger partial charge in [0.05, 0.1) is 0 Å². The maximum absolute atomic E-state index is 5.48. The van der Waals surface area contributed by atoms with Crippen LogP contribution in [0.15, 0.2) is 22.7 Å². The third-order valence-electron chi connectivity index (χ3n) is 1.15. The number of nitrogens with two attached hydrogens (primary N) is 1. The number of anilines is 1. The van der Waals surface area contributed by atoms with Gasteiger partial charge >= 0.3 is 0 Å². The van der Waals surface area contributed by atoms with Gasteiger partial charge in [0.25, 0.3) is 0 Å². The summed E-state index contributed by atoms with van der Waals surface area (Å²) in [4.78, 5) is 0. The first-order valence-corrected chi connectivity index (χ1v) is 3.55. The molecule has 50 valence electrons. The molecule has 0 aliphatic carbocycles. The van der Waals surface area contributed by atoms with Crippen molar-refractivity contribution in [3.05, 3.63) is 28.2 Å². The van der Waals surface area contributed by atoms with Gasteiger partial charge in [-0.05, 0) is 34.1 Å². The lowest BCUT2D eigenvalue weighted by atomic mass is 10.2. The SMILES string of the molecule is C#Cc1ccc(N)cc1Br. The van der Waals surface area contributed by atoms with Gasteiger partial charge in [0, 0.05) is 15.7 Å². The fourth-order valence-electron chi connectivity index (χ4n) is 0.648. The van der Waals surface area contributed by atoms with E-state index in [0.717, 1.165) is 10.0 Å². The van der Waals surface area contributed by atoms with Gasteiger partial charge in [-0.2, -0.15) is 0 Å². The highest BCUT2D eigenvalue weighted by Gasteiger charge is 1.94. The Morgan fingerprint density at radius 2 is 2.20 bits per heavy atom. The van der Waals surface area contributed by atoms with E-state index >= 15 is 0 Å². The summed E-state index contributed by atoms with van der Waals surface area (Å²) in [6.45, 7) is 0. The molecule has 2 heteroatoms. The van der Waals surface area contributed by atoms with Crippen molar-refractivity contribution in [2.75, 3.05) is 5.73 Å². The number of nitrogen functional groups attached to an aromatic ring is 1. The second kappa shape index (κ2) is 2.76. The molecule has 1 nitrogen and oxygen atoms in total.